The Hall–Kier alpha value is -1.64. The molecule has 0 N–H and O–H groups in total. The highest BCUT2D eigenvalue weighted by molar-refractivity contribution is 5.98. The number of oxazole rings is 1. The lowest BCUT2D eigenvalue weighted by Crippen LogP contribution is -2.10. The van der Waals surface area contributed by atoms with Crippen molar-refractivity contribution < 1.29 is 9.21 Å². The molecule has 0 fully saturated rings. The summed E-state index contributed by atoms with van der Waals surface area (Å²) in [6.07, 6.45) is 1.44. The van der Waals surface area contributed by atoms with Crippen molar-refractivity contribution >= 4 is 16.9 Å². The van der Waals surface area contributed by atoms with Crippen LogP contribution in [0.5, 0.6) is 0 Å². The molecule has 0 aliphatic rings. The summed E-state index contributed by atoms with van der Waals surface area (Å²) < 4.78 is 5.70. The molecular formula is C15H19NO2. The first-order valence-corrected chi connectivity index (χ1v) is 6.36. The third kappa shape index (κ3) is 2.45. The van der Waals surface area contributed by atoms with Crippen LogP contribution in [0.2, 0.25) is 0 Å². The Morgan fingerprint density at radius 2 is 2.06 bits per heavy atom. The highest BCUT2D eigenvalue weighted by Gasteiger charge is 2.21. The van der Waals surface area contributed by atoms with Gasteiger partial charge >= 0.3 is 0 Å². The van der Waals surface area contributed by atoms with Gasteiger partial charge in [0.15, 0.2) is 11.4 Å². The van der Waals surface area contributed by atoms with Gasteiger partial charge in [0, 0.05) is 17.4 Å². The minimum Gasteiger partial charge on any atom is -0.440 e. The molecule has 1 heterocycles. The van der Waals surface area contributed by atoms with Crippen LogP contribution in [0.3, 0.4) is 0 Å². The van der Waals surface area contributed by atoms with E-state index in [4.69, 9.17) is 4.42 Å². The van der Waals surface area contributed by atoms with Gasteiger partial charge in [0.05, 0.1) is 0 Å². The van der Waals surface area contributed by atoms with Crippen LogP contribution in [0.25, 0.3) is 11.1 Å². The van der Waals surface area contributed by atoms with Crippen LogP contribution in [0, 0.1) is 0 Å². The number of aromatic nitrogens is 1. The summed E-state index contributed by atoms with van der Waals surface area (Å²) in [6.45, 7) is 8.17. The summed E-state index contributed by atoms with van der Waals surface area (Å²) in [5.41, 5.74) is 2.11. The molecule has 3 nitrogen and oxygen atoms in total. The first kappa shape index (κ1) is 12.8. The summed E-state index contributed by atoms with van der Waals surface area (Å²) in [5.74, 6) is 0.872. The topological polar surface area (TPSA) is 43.1 Å². The Morgan fingerprint density at radius 1 is 1.33 bits per heavy atom. The molecule has 0 radical (unpaired) electrons. The van der Waals surface area contributed by atoms with Gasteiger partial charge in [0.1, 0.15) is 5.52 Å². The van der Waals surface area contributed by atoms with Gasteiger partial charge in [-0.05, 0) is 24.6 Å². The summed E-state index contributed by atoms with van der Waals surface area (Å²) in [5, 5.41) is 0. The average molecular weight is 245 g/mol. The maximum Gasteiger partial charge on any atom is 0.200 e. The molecule has 0 atom stereocenters. The van der Waals surface area contributed by atoms with Gasteiger partial charge in [-0.3, -0.25) is 4.79 Å². The molecular weight excluding hydrogens is 226 g/mol. The van der Waals surface area contributed by atoms with Crippen molar-refractivity contribution in [1.29, 1.82) is 0 Å². The normalized spacial score (nSPS) is 12.0. The van der Waals surface area contributed by atoms with Gasteiger partial charge in [0.2, 0.25) is 5.89 Å². The Bertz CT molecular complexity index is 576. The average Bonchev–Trinajstić information content (AvgIpc) is 2.71. The number of hydrogen-bond donors (Lipinski definition) is 0. The quantitative estimate of drug-likeness (QED) is 0.764. The van der Waals surface area contributed by atoms with E-state index in [1.165, 1.54) is 0 Å². The monoisotopic (exact) mass is 245 g/mol. The van der Waals surface area contributed by atoms with E-state index in [-0.39, 0.29) is 11.2 Å². The smallest absolute Gasteiger partial charge is 0.200 e. The zero-order valence-electron chi connectivity index (χ0n) is 11.4. The molecule has 0 unspecified atom stereocenters. The van der Waals surface area contributed by atoms with Crippen molar-refractivity contribution in [2.45, 2.75) is 46.0 Å². The zero-order chi connectivity index (χ0) is 13.3. The number of ketones is 1. The third-order valence-corrected chi connectivity index (χ3v) is 2.83. The van der Waals surface area contributed by atoms with Gasteiger partial charge in [-0.15, -0.1) is 0 Å². The second-order valence-corrected chi connectivity index (χ2v) is 5.62. The van der Waals surface area contributed by atoms with Gasteiger partial charge < -0.3 is 4.42 Å². The number of Topliss-reactive ketones (excluding diaryl/α,β-unsaturated/α-hetero) is 1. The molecule has 1 aromatic carbocycles. The number of carbonyl (C=O) groups excluding carboxylic acids is 1. The molecule has 2 rings (SSSR count). The van der Waals surface area contributed by atoms with Crippen molar-refractivity contribution in [1.82, 2.24) is 4.98 Å². The van der Waals surface area contributed by atoms with Crippen molar-refractivity contribution in [2.24, 2.45) is 0 Å². The number of carbonyl (C=O) groups is 1. The Kier molecular flexibility index (Phi) is 3.24. The lowest BCUT2D eigenvalue weighted by Gasteiger charge is -2.11. The largest absolute Gasteiger partial charge is 0.440 e. The van der Waals surface area contributed by atoms with Crippen LogP contribution < -0.4 is 0 Å². The van der Waals surface area contributed by atoms with Crippen LogP contribution >= 0.6 is 0 Å². The molecule has 18 heavy (non-hydrogen) atoms. The number of fused-ring (bicyclic) bond motifs is 1. The molecule has 0 aliphatic heterocycles. The van der Waals surface area contributed by atoms with Gasteiger partial charge in [-0.2, -0.15) is 0 Å². The van der Waals surface area contributed by atoms with Crippen molar-refractivity contribution in [3.63, 3.8) is 0 Å². The van der Waals surface area contributed by atoms with E-state index in [1.54, 1.807) is 0 Å². The predicted molar refractivity (Wildman–Crippen MR) is 71.9 cm³/mol. The van der Waals surface area contributed by atoms with E-state index in [1.807, 2.05) is 25.1 Å². The van der Waals surface area contributed by atoms with E-state index >= 15 is 0 Å². The first-order valence-electron chi connectivity index (χ1n) is 6.36. The van der Waals surface area contributed by atoms with Gasteiger partial charge in [-0.25, -0.2) is 4.98 Å². The number of benzene rings is 1. The van der Waals surface area contributed by atoms with Crippen LogP contribution in [0.4, 0.5) is 0 Å². The Morgan fingerprint density at radius 3 is 2.67 bits per heavy atom. The minimum absolute atomic E-state index is 0.118. The van der Waals surface area contributed by atoms with Crippen LogP contribution in [0.1, 0.15) is 56.8 Å². The van der Waals surface area contributed by atoms with E-state index < -0.39 is 0 Å². The number of rotatable bonds is 3. The molecule has 0 saturated carbocycles. The standard InChI is InChI=1S/C15H19NO2/c1-5-6-12(17)10-7-8-13-11(9-10)16-14(18-13)15(2,3)4/h7-9H,5-6H2,1-4H3. The molecule has 0 saturated heterocycles. The van der Waals surface area contributed by atoms with E-state index in [0.29, 0.717) is 12.3 Å². The zero-order valence-corrected chi connectivity index (χ0v) is 11.4. The maximum atomic E-state index is 11.8. The number of nitrogens with zero attached hydrogens (tertiary/aromatic N) is 1. The fourth-order valence-electron chi connectivity index (χ4n) is 1.79. The Balaban J connectivity index is 2.43. The van der Waals surface area contributed by atoms with Crippen molar-refractivity contribution in [2.75, 3.05) is 0 Å². The maximum absolute atomic E-state index is 11.8. The second kappa shape index (κ2) is 4.56. The van der Waals surface area contributed by atoms with Crippen molar-refractivity contribution in [3.05, 3.63) is 29.7 Å². The van der Waals surface area contributed by atoms with Crippen LogP contribution in [-0.2, 0) is 5.41 Å². The molecule has 0 spiro atoms. The van der Waals surface area contributed by atoms with Crippen molar-refractivity contribution in [3.8, 4) is 0 Å². The molecule has 3 heteroatoms. The third-order valence-electron chi connectivity index (χ3n) is 2.83. The van der Waals surface area contributed by atoms with E-state index in [9.17, 15) is 4.79 Å². The van der Waals surface area contributed by atoms with E-state index in [2.05, 4.69) is 25.8 Å². The Labute approximate surface area is 107 Å². The molecule has 96 valence electrons. The summed E-state index contributed by atoms with van der Waals surface area (Å²) in [4.78, 5) is 16.3. The molecule has 0 aliphatic carbocycles. The van der Waals surface area contributed by atoms with Crippen LogP contribution in [-0.4, -0.2) is 10.8 Å². The summed E-state index contributed by atoms with van der Waals surface area (Å²) >= 11 is 0. The summed E-state index contributed by atoms with van der Waals surface area (Å²) in [6, 6.07) is 5.48. The highest BCUT2D eigenvalue weighted by atomic mass is 16.3. The molecule has 1 aromatic heterocycles. The fourth-order valence-corrected chi connectivity index (χ4v) is 1.79. The highest BCUT2D eigenvalue weighted by Crippen LogP contribution is 2.26. The number of hydrogen-bond acceptors (Lipinski definition) is 3. The minimum atomic E-state index is -0.118. The predicted octanol–water partition coefficient (Wildman–Crippen LogP) is 4.11. The summed E-state index contributed by atoms with van der Waals surface area (Å²) in [7, 11) is 0. The lowest BCUT2D eigenvalue weighted by atomic mass is 9.97. The first-order chi connectivity index (χ1) is 8.41. The molecule has 0 amide bonds. The fraction of sp³-hybridized carbons (Fsp3) is 0.467. The molecule has 2 aromatic rings. The van der Waals surface area contributed by atoms with E-state index in [0.717, 1.165) is 23.1 Å². The SMILES string of the molecule is CCCC(=O)c1ccc2oc(C(C)(C)C)nc2c1. The van der Waals surface area contributed by atoms with Gasteiger partial charge in [-0.1, -0.05) is 27.7 Å². The second-order valence-electron chi connectivity index (χ2n) is 5.62. The lowest BCUT2D eigenvalue weighted by molar-refractivity contribution is 0.0982. The van der Waals surface area contributed by atoms with Crippen LogP contribution in [0.15, 0.2) is 22.6 Å². The van der Waals surface area contributed by atoms with Gasteiger partial charge in [0.25, 0.3) is 0 Å². The molecule has 0 bridgehead atoms.